The minimum Gasteiger partial charge on any atom is -0.316 e. The summed E-state index contributed by atoms with van der Waals surface area (Å²) in [5, 5.41) is 3.13. The van der Waals surface area contributed by atoms with Crippen LogP contribution in [0.1, 0.15) is 12.5 Å². The predicted molar refractivity (Wildman–Crippen MR) is 79.5 cm³/mol. The molecule has 92 valence electrons. The lowest BCUT2D eigenvalue weighted by molar-refractivity contribution is 0.920. The van der Waals surface area contributed by atoms with E-state index in [2.05, 4.69) is 66.8 Å². The SMILES string of the molecule is CNCC=C(C)c1ccc(-c2ccccc2)cc1. The Morgan fingerprint density at radius 3 is 2.17 bits per heavy atom. The maximum absolute atomic E-state index is 3.13. The maximum atomic E-state index is 3.13. The first-order chi connectivity index (χ1) is 8.81. The molecule has 0 unspecified atom stereocenters. The minimum atomic E-state index is 0.909. The van der Waals surface area contributed by atoms with E-state index in [-0.39, 0.29) is 0 Å². The molecule has 1 nitrogen and oxygen atoms in total. The summed E-state index contributed by atoms with van der Waals surface area (Å²) < 4.78 is 0. The molecule has 0 atom stereocenters. The highest BCUT2D eigenvalue weighted by Gasteiger charge is 1.98. The molecule has 0 spiro atoms. The van der Waals surface area contributed by atoms with Crippen molar-refractivity contribution < 1.29 is 0 Å². The molecule has 0 radical (unpaired) electrons. The summed E-state index contributed by atoms with van der Waals surface area (Å²) in [6, 6.07) is 19.2. The standard InChI is InChI=1S/C17H19N/c1-14(12-13-18-2)15-8-10-17(11-9-15)16-6-4-3-5-7-16/h3-12,18H,13H2,1-2H3. The van der Waals surface area contributed by atoms with Gasteiger partial charge in [0.05, 0.1) is 0 Å². The van der Waals surface area contributed by atoms with Gasteiger partial charge in [0.15, 0.2) is 0 Å². The van der Waals surface area contributed by atoms with Crippen molar-refractivity contribution in [2.45, 2.75) is 6.92 Å². The van der Waals surface area contributed by atoms with Gasteiger partial charge in [0, 0.05) is 6.54 Å². The molecule has 0 fully saturated rings. The van der Waals surface area contributed by atoms with Gasteiger partial charge in [-0.1, -0.05) is 60.7 Å². The second-order valence-electron chi connectivity index (χ2n) is 4.39. The first-order valence-corrected chi connectivity index (χ1v) is 6.28. The van der Waals surface area contributed by atoms with E-state index in [1.165, 1.54) is 22.3 Å². The molecule has 0 aliphatic carbocycles. The van der Waals surface area contributed by atoms with Crippen molar-refractivity contribution in [3.63, 3.8) is 0 Å². The van der Waals surface area contributed by atoms with Gasteiger partial charge in [-0.2, -0.15) is 0 Å². The lowest BCUT2D eigenvalue weighted by atomic mass is 10.0. The Hall–Kier alpha value is -1.86. The van der Waals surface area contributed by atoms with Crippen LogP contribution in [0.15, 0.2) is 60.7 Å². The topological polar surface area (TPSA) is 12.0 Å². The van der Waals surface area contributed by atoms with Crippen molar-refractivity contribution in [1.29, 1.82) is 0 Å². The Balaban J connectivity index is 2.20. The molecule has 0 aromatic heterocycles. The molecule has 2 rings (SSSR count). The molecular formula is C17H19N. The third-order valence-corrected chi connectivity index (χ3v) is 3.06. The summed E-state index contributed by atoms with van der Waals surface area (Å²) >= 11 is 0. The fourth-order valence-electron chi connectivity index (χ4n) is 1.93. The molecular weight excluding hydrogens is 218 g/mol. The van der Waals surface area contributed by atoms with Gasteiger partial charge in [-0.05, 0) is 36.2 Å². The fourth-order valence-corrected chi connectivity index (χ4v) is 1.93. The quantitative estimate of drug-likeness (QED) is 0.848. The van der Waals surface area contributed by atoms with E-state index in [9.17, 15) is 0 Å². The number of likely N-dealkylation sites (N-methyl/N-ethyl adjacent to an activating group) is 1. The second-order valence-corrected chi connectivity index (χ2v) is 4.39. The largest absolute Gasteiger partial charge is 0.316 e. The van der Waals surface area contributed by atoms with Crippen LogP contribution in [0, 0.1) is 0 Å². The van der Waals surface area contributed by atoms with E-state index < -0.39 is 0 Å². The van der Waals surface area contributed by atoms with Crippen molar-refractivity contribution in [2.24, 2.45) is 0 Å². The molecule has 2 aromatic carbocycles. The second kappa shape index (κ2) is 6.18. The monoisotopic (exact) mass is 237 g/mol. The zero-order valence-electron chi connectivity index (χ0n) is 11.0. The summed E-state index contributed by atoms with van der Waals surface area (Å²) in [4.78, 5) is 0. The first kappa shape index (κ1) is 12.6. The number of nitrogens with one attached hydrogen (secondary N) is 1. The molecule has 18 heavy (non-hydrogen) atoms. The number of hydrogen-bond acceptors (Lipinski definition) is 1. The molecule has 2 aromatic rings. The van der Waals surface area contributed by atoms with E-state index >= 15 is 0 Å². The van der Waals surface area contributed by atoms with Crippen molar-refractivity contribution in [3.8, 4) is 11.1 Å². The number of rotatable bonds is 4. The fraction of sp³-hybridized carbons (Fsp3) is 0.176. The Kier molecular flexibility index (Phi) is 4.32. The third-order valence-electron chi connectivity index (χ3n) is 3.06. The number of benzene rings is 2. The van der Waals surface area contributed by atoms with Crippen molar-refractivity contribution in [2.75, 3.05) is 13.6 Å². The number of hydrogen-bond donors (Lipinski definition) is 1. The van der Waals surface area contributed by atoms with Crippen LogP contribution >= 0.6 is 0 Å². The lowest BCUT2D eigenvalue weighted by Gasteiger charge is -2.05. The summed E-state index contributed by atoms with van der Waals surface area (Å²) in [6.07, 6.45) is 2.21. The van der Waals surface area contributed by atoms with Crippen LogP contribution in [-0.4, -0.2) is 13.6 Å². The molecule has 0 heterocycles. The van der Waals surface area contributed by atoms with Crippen LogP contribution in [-0.2, 0) is 0 Å². The molecule has 0 aliphatic rings. The Labute approximate surface area is 109 Å². The molecule has 0 bridgehead atoms. The highest BCUT2D eigenvalue weighted by Crippen LogP contribution is 2.21. The summed E-state index contributed by atoms with van der Waals surface area (Å²) in [5.74, 6) is 0. The average molecular weight is 237 g/mol. The van der Waals surface area contributed by atoms with Gasteiger partial charge in [-0.15, -0.1) is 0 Å². The van der Waals surface area contributed by atoms with E-state index in [1.54, 1.807) is 0 Å². The molecule has 0 saturated heterocycles. The maximum Gasteiger partial charge on any atom is 0.0137 e. The first-order valence-electron chi connectivity index (χ1n) is 6.28. The summed E-state index contributed by atoms with van der Waals surface area (Å²) in [6.45, 7) is 3.06. The van der Waals surface area contributed by atoms with Gasteiger partial charge < -0.3 is 5.32 Å². The highest BCUT2D eigenvalue weighted by atomic mass is 14.8. The van der Waals surface area contributed by atoms with Crippen molar-refractivity contribution in [3.05, 3.63) is 66.2 Å². The molecule has 0 aliphatic heterocycles. The van der Waals surface area contributed by atoms with Gasteiger partial charge in [-0.25, -0.2) is 0 Å². The Morgan fingerprint density at radius 2 is 1.56 bits per heavy atom. The Morgan fingerprint density at radius 1 is 0.944 bits per heavy atom. The summed E-state index contributed by atoms with van der Waals surface area (Å²) in [7, 11) is 1.96. The zero-order chi connectivity index (χ0) is 12.8. The van der Waals surface area contributed by atoms with Gasteiger partial charge >= 0.3 is 0 Å². The van der Waals surface area contributed by atoms with Crippen molar-refractivity contribution in [1.82, 2.24) is 5.32 Å². The average Bonchev–Trinajstić information content (AvgIpc) is 2.46. The smallest absolute Gasteiger partial charge is 0.0137 e. The van der Waals surface area contributed by atoms with E-state index in [0.29, 0.717) is 0 Å². The van der Waals surface area contributed by atoms with Gasteiger partial charge in [0.2, 0.25) is 0 Å². The third kappa shape index (κ3) is 3.08. The van der Waals surface area contributed by atoms with Crippen LogP contribution in [0.2, 0.25) is 0 Å². The normalized spacial score (nSPS) is 11.6. The molecule has 1 heteroatoms. The lowest BCUT2D eigenvalue weighted by Crippen LogP contribution is -2.04. The molecule has 0 amide bonds. The minimum absolute atomic E-state index is 0.909. The van der Waals surface area contributed by atoms with Crippen LogP contribution in [0.5, 0.6) is 0 Å². The van der Waals surface area contributed by atoms with Crippen LogP contribution < -0.4 is 5.32 Å². The highest BCUT2D eigenvalue weighted by molar-refractivity contribution is 5.69. The van der Waals surface area contributed by atoms with E-state index in [4.69, 9.17) is 0 Å². The number of allylic oxidation sites excluding steroid dienone is 1. The van der Waals surface area contributed by atoms with Crippen LogP contribution in [0.3, 0.4) is 0 Å². The van der Waals surface area contributed by atoms with E-state index in [0.717, 1.165) is 6.54 Å². The predicted octanol–water partition coefficient (Wildman–Crippen LogP) is 3.98. The van der Waals surface area contributed by atoms with Crippen LogP contribution in [0.4, 0.5) is 0 Å². The van der Waals surface area contributed by atoms with E-state index in [1.807, 2.05) is 13.1 Å². The van der Waals surface area contributed by atoms with Crippen molar-refractivity contribution >= 4 is 5.57 Å². The Bertz CT molecular complexity index is 509. The van der Waals surface area contributed by atoms with Gasteiger partial charge in [-0.3, -0.25) is 0 Å². The van der Waals surface area contributed by atoms with Gasteiger partial charge in [0.1, 0.15) is 0 Å². The summed E-state index contributed by atoms with van der Waals surface area (Å²) in [5.41, 5.74) is 5.12. The molecule has 0 saturated carbocycles. The molecule has 1 N–H and O–H groups in total. The van der Waals surface area contributed by atoms with Gasteiger partial charge in [0.25, 0.3) is 0 Å². The van der Waals surface area contributed by atoms with Crippen LogP contribution in [0.25, 0.3) is 16.7 Å². The zero-order valence-corrected chi connectivity index (χ0v) is 11.0.